The highest BCUT2D eigenvalue weighted by molar-refractivity contribution is 6.33. The highest BCUT2D eigenvalue weighted by Gasteiger charge is 2.42. The van der Waals surface area contributed by atoms with Gasteiger partial charge in [0.05, 0.1) is 34.3 Å². The number of piperidine rings is 1. The van der Waals surface area contributed by atoms with Crippen LogP contribution in [0, 0.1) is 5.92 Å². The molecule has 1 aliphatic rings. The van der Waals surface area contributed by atoms with Crippen LogP contribution in [0.15, 0.2) is 47.3 Å². The van der Waals surface area contributed by atoms with Crippen LogP contribution < -0.4 is 11.4 Å². The number of benzene rings is 2. The molecule has 202 valence electrons. The number of H-pyrrole nitrogens is 1. The van der Waals surface area contributed by atoms with E-state index in [2.05, 4.69) is 10.1 Å². The number of rotatable bonds is 6. The molecule has 0 spiro atoms. The number of carboxylic acids is 1. The minimum atomic E-state index is -4.83. The van der Waals surface area contributed by atoms with Crippen molar-refractivity contribution in [2.75, 3.05) is 12.3 Å². The number of nitrogens with one attached hydrogen (secondary N) is 1. The van der Waals surface area contributed by atoms with E-state index in [1.807, 2.05) is 0 Å². The van der Waals surface area contributed by atoms with E-state index in [9.17, 15) is 37.8 Å². The van der Waals surface area contributed by atoms with Crippen LogP contribution in [-0.4, -0.2) is 54.5 Å². The fourth-order valence-corrected chi connectivity index (χ4v) is 5.04. The lowest BCUT2D eigenvalue weighted by Crippen LogP contribution is -2.52. The summed E-state index contributed by atoms with van der Waals surface area (Å²) in [6.45, 7) is -0.106. The second-order valence-corrected chi connectivity index (χ2v) is 9.40. The zero-order chi connectivity index (χ0) is 27.8. The Balaban J connectivity index is 1.67. The lowest BCUT2D eigenvalue weighted by molar-refractivity contribution is -0.144. The fraction of sp³-hybridized carbons (Fsp3) is 0.333. The van der Waals surface area contributed by atoms with Gasteiger partial charge in [-0.1, -0.05) is 41.9 Å². The zero-order valence-electron chi connectivity index (χ0n) is 19.7. The highest BCUT2D eigenvalue weighted by atomic mass is 35.5. The van der Waals surface area contributed by atoms with E-state index in [0.29, 0.717) is 17.5 Å². The van der Waals surface area contributed by atoms with Gasteiger partial charge < -0.3 is 20.8 Å². The van der Waals surface area contributed by atoms with Crippen LogP contribution in [0.2, 0.25) is 5.02 Å². The van der Waals surface area contributed by atoms with Crippen LogP contribution >= 0.6 is 11.6 Å². The Bertz CT molecular complexity index is 1410. The number of carbonyl (C=O) groups is 2. The molecule has 1 aliphatic heterocycles. The molecule has 38 heavy (non-hydrogen) atoms. The monoisotopic (exact) mass is 553 g/mol. The molecule has 4 rings (SSSR count). The molecule has 1 aromatic heterocycles. The van der Waals surface area contributed by atoms with Gasteiger partial charge in [-0.05, 0) is 37.0 Å². The Morgan fingerprint density at radius 1 is 1.21 bits per heavy atom. The lowest BCUT2D eigenvalue weighted by Gasteiger charge is -2.40. The number of nitrogens with two attached hydrogens (primary N) is 1. The first kappa shape index (κ1) is 27.0. The maximum Gasteiger partial charge on any atom is 0.418 e. The first-order chi connectivity index (χ1) is 17.9. The van der Waals surface area contributed by atoms with Gasteiger partial charge in [0, 0.05) is 12.1 Å². The smallest absolute Gasteiger partial charge is 0.418 e. The van der Waals surface area contributed by atoms with Crippen molar-refractivity contribution < 1.29 is 33.0 Å². The lowest BCUT2D eigenvalue weighted by atomic mass is 9.83. The third-order valence-corrected chi connectivity index (χ3v) is 6.94. The number of carboxylic acid groups (broad SMARTS) is 2. The van der Waals surface area contributed by atoms with E-state index >= 15 is 0 Å². The molecule has 10 nitrogen and oxygen atoms in total. The third kappa shape index (κ3) is 5.47. The van der Waals surface area contributed by atoms with Crippen molar-refractivity contribution in [2.45, 2.75) is 37.5 Å². The number of alkyl halides is 3. The molecular weight excluding hydrogens is 531 g/mol. The van der Waals surface area contributed by atoms with Gasteiger partial charge in [0.2, 0.25) is 0 Å². The van der Waals surface area contributed by atoms with Gasteiger partial charge in [-0.25, -0.2) is 14.3 Å². The number of aromatic nitrogens is 3. The molecular formula is C24H23ClF3N5O5. The summed E-state index contributed by atoms with van der Waals surface area (Å²) in [6.07, 6.45) is -6.59. The summed E-state index contributed by atoms with van der Waals surface area (Å²) in [5.74, 6) is -2.57. The van der Waals surface area contributed by atoms with Crippen molar-refractivity contribution in [3.8, 4) is 11.4 Å². The highest BCUT2D eigenvalue weighted by Crippen LogP contribution is 2.39. The minimum absolute atomic E-state index is 0.0697. The van der Waals surface area contributed by atoms with Gasteiger partial charge in [-0.3, -0.25) is 9.78 Å². The van der Waals surface area contributed by atoms with Crippen LogP contribution in [0.3, 0.4) is 0 Å². The number of nitrogen functional groups attached to an aromatic ring is 1. The summed E-state index contributed by atoms with van der Waals surface area (Å²) in [5, 5.41) is 23.7. The molecule has 2 aromatic carbocycles. The molecule has 1 fully saturated rings. The minimum Gasteiger partial charge on any atom is -0.481 e. The van der Waals surface area contributed by atoms with Crippen molar-refractivity contribution >= 4 is 29.4 Å². The predicted octanol–water partition coefficient (Wildman–Crippen LogP) is 4.12. The van der Waals surface area contributed by atoms with Gasteiger partial charge in [0.1, 0.15) is 0 Å². The summed E-state index contributed by atoms with van der Waals surface area (Å²) in [5.41, 5.74) is 3.60. The topological polar surface area (TPSA) is 155 Å². The Kier molecular flexibility index (Phi) is 7.40. The van der Waals surface area contributed by atoms with Crippen LogP contribution in [0.25, 0.3) is 11.4 Å². The maximum absolute atomic E-state index is 13.4. The Labute approximate surface area is 218 Å². The second-order valence-electron chi connectivity index (χ2n) is 9.00. The van der Waals surface area contributed by atoms with E-state index in [1.54, 1.807) is 30.3 Å². The average molecular weight is 554 g/mol. The Morgan fingerprint density at radius 3 is 2.50 bits per heavy atom. The molecule has 2 heterocycles. The molecule has 1 saturated heterocycles. The van der Waals surface area contributed by atoms with Crippen molar-refractivity contribution in [1.82, 2.24) is 19.7 Å². The fourth-order valence-electron chi connectivity index (χ4n) is 4.80. The number of hydrogen-bond acceptors (Lipinski definition) is 5. The molecule has 1 amide bonds. The van der Waals surface area contributed by atoms with Gasteiger partial charge in [0.15, 0.2) is 5.82 Å². The molecule has 0 radical (unpaired) electrons. The molecule has 2 unspecified atom stereocenters. The average Bonchev–Trinajstić information content (AvgIpc) is 3.25. The second kappa shape index (κ2) is 10.4. The summed E-state index contributed by atoms with van der Waals surface area (Å²) in [6, 6.07) is 8.83. The van der Waals surface area contributed by atoms with E-state index in [0.717, 1.165) is 15.6 Å². The van der Waals surface area contributed by atoms with Gasteiger partial charge >= 0.3 is 23.9 Å². The number of aliphatic carboxylic acids is 1. The van der Waals surface area contributed by atoms with Gasteiger partial charge in [-0.15, -0.1) is 5.10 Å². The standard InChI is InChI=1S/C24H23ClF3N5O5/c25-17-10-12(9-16(19(17)29)24(26,27)28)8-15(21(34)35)18-11-14(6-7-32(18)23(37)38)33-22(36)30-20(31-33)13-4-2-1-3-5-13/h1-5,9-10,14-15,18H,6-8,11,29H2,(H,34,35)(H,37,38)(H,30,31,36)/t14?,15?,18-/m1/s1. The molecule has 3 atom stereocenters. The number of halogens is 4. The summed E-state index contributed by atoms with van der Waals surface area (Å²) >= 11 is 5.90. The normalized spacial score (nSPS) is 18.8. The first-order valence-electron chi connectivity index (χ1n) is 11.5. The van der Waals surface area contributed by atoms with Gasteiger partial charge in [-0.2, -0.15) is 13.2 Å². The van der Waals surface area contributed by atoms with Gasteiger partial charge in [0.25, 0.3) is 0 Å². The van der Waals surface area contributed by atoms with E-state index < -0.39 is 64.6 Å². The van der Waals surface area contributed by atoms with Crippen molar-refractivity contribution in [1.29, 1.82) is 0 Å². The Morgan fingerprint density at radius 2 is 1.89 bits per heavy atom. The van der Waals surface area contributed by atoms with Crippen molar-refractivity contribution in [2.24, 2.45) is 5.92 Å². The quantitative estimate of drug-likeness (QED) is 0.335. The zero-order valence-corrected chi connectivity index (χ0v) is 20.4. The molecule has 0 bridgehead atoms. The number of nitrogens with zero attached hydrogens (tertiary/aromatic N) is 3. The predicted molar refractivity (Wildman–Crippen MR) is 131 cm³/mol. The summed E-state index contributed by atoms with van der Waals surface area (Å²) < 4.78 is 41.5. The Hall–Kier alpha value is -4.00. The number of likely N-dealkylation sites (tertiary alicyclic amines) is 1. The van der Waals surface area contributed by atoms with E-state index in [1.165, 1.54) is 0 Å². The van der Waals surface area contributed by atoms with Crippen LogP contribution in [0.4, 0.5) is 23.7 Å². The van der Waals surface area contributed by atoms with E-state index in [4.69, 9.17) is 17.3 Å². The van der Waals surface area contributed by atoms with Crippen molar-refractivity contribution in [3.63, 3.8) is 0 Å². The molecule has 0 saturated carbocycles. The summed E-state index contributed by atoms with van der Waals surface area (Å²) in [7, 11) is 0. The molecule has 14 heteroatoms. The van der Waals surface area contributed by atoms with E-state index in [-0.39, 0.29) is 24.9 Å². The van der Waals surface area contributed by atoms with Crippen LogP contribution in [0.1, 0.15) is 30.0 Å². The molecule has 0 aliphatic carbocycles. The first-order valence-corrected chi connectivity index (χ1v) is 11.9. The third-order valence-electron chi connectivity index (χ3n) is 6.63. The largest absolute Gasteiger partial charge is 0.481 e. The number of amides is 1. The molecule has 5 N–H and O–H groups in total. The van der Waals surface area contributed by atoms with Crippen LogP contribution in [0.5, 0.6) is 0 Å². The number of anilines is 1. The maximum atomic E-state index is 13.4. The SMILES string of the molecule is Nc1c(Cl)cc(CC(C(=O)O)[C@H]2CC(n3nc(-c4ccccc4)[nH]c3=O)CCN2C(=O)O)cc1C(F)(F)F. The van der Waals surface area contributed by atoms with Crippen LogP contribution in [-0.2, 0) is 17.4 Å². The molecule has 3 aromatic rings. The van der Waals surface area contributed by atoms with Crippen molar-refractivity contribution in [3.05, 3.63) is 69.1 Å². The summed E-state index contributed by atoms with van der Waals surface area (Å²) in [4.78, 5) is 40.6. The number of aromatic amines is 1. The number of hydrogen-bond donors (Lipinski definition) is 4.